The molecule has 1 atom stereocenters. The minimum Gasteiger partial charge on any atom is -0.296 e. The Morgan fingerprint density at radius 2 is 2.44 bits per heavy atom. The molecule has 0 saturated carbocycles. The first kappa shape index (κ1) is 11.1. The highest BCUT2D eigenvalue weighted by Crippen LogP contribution is 2.18. The summed E-state index contributed by atoms with van der Waals surface area (Å²) in [6.45, 7) is 4.40. The number of hydrogen-bond donors (Lipinski definition) is 0. The van der Waals surface area contributed by atoms with E-state index in [0.29, 0.717) is 11.7 Å². The van der Waals surface area contributed by atoms with Crippen LogP contribution in [-0.4, -0.2) is 22.5 Å². The summed E-state index contributed by atoms with van der Waals surface area (Å²) < 4.78 is 0. The molecule has 0 spiro atoms. The molecule has 1 aliphatic heterocycles. The number of piperidine rings is 1. The van der Waals surface area contributed by atoms with Crippen molar-refractivity contribution in [1.82, 2.24) is 9.88 Å². The monoisotopic (exact) mass is 215 g/mol. The quantitative estimate of drug-likeness (QED) is 0.760. The number of likely N-dealkylation sites (tertiary alicyclic amines) is 1. The summed E-state index contributed by atoms with van der Waals surface area (Å²) in [5.41, 5.74) is 1.71. The lowest BCUT2D eigenvalue weighted by Gasteiger charge is -2.33. The lowest BCUT2D eigenvalue weighted by molar-refractivity contribution is 0.152. The molecule has 1 aromatic heterocycles. The largest absolute Gasteiger partial charge is 0.296 e. The number of aromatic nitrogens is 1. The zero-order valence-electron chi connectivity index (χ0n) is 9.69. The van der Waals surface area contributed by atoms with Gasteiger partial charge in [-0.25, -0.2) is 4.98 Å². The highest BCUT2D eigenvalue weighted by atomic mass is 15.2. The molecule has 3 heteroatoms. The maximum absolute atomic E-state index is 8.79. The van der Waals surface area contributed by atoms with Crippen molar-refractivity contribution in [3.63, 3.8) is 0 Å². The van der Waals surface area contributed by atoms with Crippen LogP contribution >= 0.6 is 0 Å². The zero-order chi connectivity index (χ0) is 11.4. The molecule has 84 valence electrons. The number of nitrogens with zero attached hydrogens (tertiary/aromatic N) is 3. The van der Waals surface area contributed by atoms with Gasteiger partial charge in [0.1, 0.15) is 11.8 Å². The molecule has 0 aromatic carbocycles. The molecule has 1 unspecified atom stereocenters. The Kier molecular flexibility index (Phi) is 3.53. The average Bonchev–Trinajstić information content (AvgIpc) is 2.32. The predicted octanol–water partition coefficient (Wildman–Crippen LogP) is 2.33. The minimum atomic E-state index is 0.516. The van der Waals surface area contributed by atoms with Crippen molar-refractivity contribution in [1.29, 1.82) is 5.26 Å². The maximum atomic E-state index is 8.79. The lowest BCUT2D eigenvalue weighted by Crippen LogP contribution is -2.36. The van der Waals surface area contributed by atoms with E-state index in [1.54, 1.807) is 6.20 Å². The molecule has 1 saturated heterocycles. The van der Waals surface area contributed by atoms with Gasteiger partial charge in [-0.15, -0.1) is 0 Å². The van der Waals surface area contributed by atoms with E-state index >= 15 is 0 Å². The van der Waals surface area contributed by atoms with E-state index in [0.717, 1.165) is 6.54 Å². The van der Waals surface area contributed by atoms with Gasteiger partial charge in [-0.2, -0.15) is 5.26 Å². The van der Waals surface area contributed by atoms with Crippen molar-refractivity contribution in [3.05, 3.63) is 29.6 Å². The Hall–Kier alpha value is -1.40. The fourth-order valence-electron chi connectivity index (χ4n) is 2.26. The van der Waals surface area contributed by atoms with Crippen LogP contribution in [0.15, 0.2) is 18.3 Å². The smallest absolute Gasteiger partial charge is 0.140 e. The fourth-order valence-corrected chi connectivity index (χ4v) is 2.26. The maximum Gasteiger partial charge on any atom is 0.140 e. The van der Waals surface area contributed by atoms with Crippen LogP contribution in [0.25, 0.3) is 0 Å². The van der Waals surface area contributed by atoms with E-state index < -0.39 is 0 Å². The SMILES string of the molecule is CC1CCCCN1Cc1ccnc(C#N)c1. The number of pyridine rings is 1. The molecule has 1 aromatic rings. The van der Waals surface area contributed by atoms with E-state index in [-0.39, 0.29) is 0 Å². The summed E-state index contributed by atoms with van der Waals surface area (Å²) in [4.78, 5) is 6.48. The van der Waals surface area contributed by atoms with Gasteiger partial charge in [-0.3, -0.25) is 4.90 Å². The molecule has 1 fully saturated rings. The second kappa shape index (κ2) is 5.09. The van der Waals surface area contributed by atoms with Gasteiger partial charge in [-0.05, 0) is 44.0 Å². The van der Waals surface area contributed by atoms with Crippen LogP contribution in [0, 0.1) is 11.3 Å². The standard InChI is InChI=1S/C13H17N3/c1-11-4-2-3-7-16(11)10-12-5-6-15-13(8-12)9-14/h5-6,8,11H,2-4,7,10H2,1H3. The zero-order valence-corrected chi connectivity index (χ0v) is 9.69. The first-order valence-corrected chi connectivity index (χ1v) is 5.88. The van der Waals surface area contributed by atoms with E-state index in [1.165, 1.54) is 31.4 Å². The Morgan fingerprint density at radius 1 is 1.56 bits per heavy atom. The molecular formula is C13H17N3. The Morgan fingerprint density at radius 3 is 3.19 bits per heavy atom. The normalized spacial score (nSPS) is 21.6. The van der Waals surface area contributed by atoms with Crippen LogP contribution < -0.4 is 0 Å². The Labute approximate surface area is 96.7 Å². The van der Waals surface area contributed by atoms with Gasteiger partial charge in [0.05, 0.1) is 0 Å². The third-order valence-corrected chi connectivity index (χ3v) is 3.27. The van der Waals surface area contributed by atoms with Crippen molar-refractivity contribution < 1.29 is 0 Å². The first-order chi connectivity index (χ1) is 7.79. The summed E-state index contributed by atoms with van der Waals surface area (Å²) in [5, 5.41) is 8.79. The van der Waals surface area contributed by atoms with Crippen LogP contribution in [0.1, 0.15) is 37.4 Å². The van der Waals surface area contributed by atoms with Crippen LogP contribution in [0.4, 0.5) is 0 Å². The summed E-state index contributed by atoms with van der Waals surface area (Å²) in [6.07, 6.45) is 5.65. The Bertz CT molecular complexity index is 394. The highest BCUT2D eigenvalue weighted by Gasteiger charge is 2.18. The van der Waals surface area contributed by atoms with Crippen molar-refractivity contribution >= 4 is 0 Å². The molecule has 0 N–H and O–H groups in total. The number of nitriles is 1. The van der Waals surface area contributed by atoms with Gasteiger partial charge < -0.3 is 0 Å². The summed E-state index contributed by atoms with van der Waals surface area (Å²) in [7, 11) is 0. The molecule has 3 nitrogen and oxygen atoms in total. The van der Waals surface area contributed by atoms with Crippen molar-refractivity contribution in [2.24, 2.45) is 0 Å². The molecule has 0 bridgehead atoms. The van der Waals surface area contributed by atoms with Crippen LogP contribution in [0.2, 0.25) is 0 Å². The van der Waals surface area contributed by atoms with E-state index in [4.69, 9.17) is 5.26 Å². The van der Waals surface area contributed by atoms with Crippen LogP contribution in [-0.2, 0) is 6.54 Å². The number of hydrogen-bond acceptors (Lipinski definition) is 3. The van der Waals surface area contributed by atoms with Gasteiger partial charge in [0.15, 0.2) is 0 Å². The summed E-state index contributed by atoms with van der Waals surface area (Å²) >= 11 is 0. The number of rotatable bonds is 2. The Balaban J connectivity index is 2.05. The lowest BCUT2D eigenvalue weighted by atomic mass is 10.0. The van der Waals surface area contributed by atoms with Gasteiger partial charge in [0, 0.05) is 18.8 Å². The van der Waals surface area contributed by atoms with Gasteiger partial charge in [0.25, 0.3) is 0 Å². The average molecular weight is 215 g/mol. The molecule has 2 heterocycles. The predicted molar refractivity (Wildman–Crippen MR) is 62.7 cm³/mol. The second-order valence-corrected chi connectivity index (χ2v) is 4.48. The topological polar surface area (TPSA) is 39.9 Å². The first-order valence-electron chi connectivity index (χ1n) is 5.88. The minimum absolute atomic E-state index is 0.516. The van der Waals surface area contributed by atoms with Gasteiger partial charge in [0.2, 0.25) is 0 Å². The molecule has 16 heavy (non-hydrogen) atoms. The molecule has 0 radical (unpaired) electrons. The summed E-state index contributed by atoms with van der Waals surface area (Å²) in [6, 6.07) is 6.64. The third-order valence-electron chi connectivity index (χ3n) is 3.27. The van der Waals surface area contributed by atoms with E-state index in [9.17, 15) is 0 Å². The highest BCUT2D eigenvalue weighted by molar-refractivity contribution is 5.25. The second-order valence-electron chi connectivity index (χ2n) is 4.48. The van der Waals surface area contributed by atoms with Crippen molar-refractivity contribution in [3.8, 4) is 6.07 Å². The van der Waals surface area contributed by atoms with Gasteiger partial charge in [-0.1, -0.05) is 6.42 Å². The van der Waals surface area contributed by atoms with E-state index in [1.807, 2.05) is 12.1 Å². The molecule has 1 aliphatic rings. The van der Waals surface area contributed by atoms with Crippen molar-refractivity contribution in [2.45, 2.75) is 38.8 Å². The van der Waals surface area contributed by atoms with E-state index in [2.05, 4.69) is 22.9 Å². The third kappa shape index (κ3) is 2.59. The van der Waals surface area contributed by atoms with Crippen molar-refractivity contribution in [2.75, 3.05) is 6.54 Å². The van der Waals surface area contributed by atoms with Gasteiger partial charge >= 0.3 is 0 Å². The van der Waals surface area contributed by atoms with Crippen LogP contribution in [0.3, 0.4) is 0 Å². The fraction of sp³-hybridized carbons (Fsp3) is 0.538. The molecule has 0 amide bonds. The summed E-state index contributed by atoms with van der Waals surface area (Å²) in [5.74, 6) is 0. The molecular weight excluding hydrogens is 198 g/mol. The molecule has 2 rings (SSSR count). The molecule has 0 aliphatic carbocycles. The van der Waals surface area contributed by atoms with Crippen LogP contribution in [0.5, 0.6) is 0 Å².